The molecule has 1 heterocycles. The van der Waals surface area contributed by atoms with E-state index in [-0.39, 0.29) is 5.91 Å². The van der Waals surface area contributed by atoms with Crippen molar-refractivity contribution >= 4 is 30.4 Å². The van der Waals surface area contributed by atoms with Crippen molar-refractivity contribution in [3.05, 3.63) is 70.8 Å². The molecule has 0 atom stereocenters. The Labute approximate surface area is 153 Å². The summed E-state index contributed by atoms with van der Waals surface area (Å²) in [6, 6.07) is 17.2. The van der Waals surface area contributed by atoms with Crippen molar-refractivity contribution in [1.82, 2.24) is 3.53 Å². The molecule has 2 nitrogen and oxygen atoms in total. The standard InChI is InChI=1S/C21H22INO/c24-21-19-10-6-5-9-18(19)20(22-23-21)17-13-11-16(12-14-17)15-7-3-1-2-4-8-15/h5-6,9-15H,1-4,7-8H2,(H,23,24). The normalized spacial score (nSPS) is 18.7. The summed E-state index contributed by atoms with van der Waals surface area (Å²) in [5, 5.41) is 0. The van der Waals surface area contributed by atoms with Gasteiger partial charge in [-0.25, -0.2) is 0 Å². The highest BCUT2D eigenvalue weighted by molar-refractivity contribution is 14.2. The topological polar surface area (TPSA) is 29.1 Å². The fourth-order valence-electron chi connectivity index (χ4n) is 3.79. The summed E-state index contributed by atoms with van der Waals surface area (Å²) in [6.45, 7) is 0. The summed E-state index contributed by atoms with van der Waals surface area (Å²) < 4.78 is 4.44. The molecule has 0 unspecified atom stereocenters. The van der Waals surface area contributed by atoms with Crippen LogP contribution in [0.2, 0.25) is 0 Å². The molecule has 1 saturated carbocycles. The first-order valence-electron chi connectivity index (χ1n) is 8.84. The predicted octanol–water partition coefficient (Wildman–Crippen LogP) is 5.32. The van der Waals surface area contributed by atoms with Crippen molar-refractivity contribution in [3.63, 3.8) is 0 Å². The van der Waals surface area contributed by atoms with Crippen LogP contribution in [0, 0.1) is 0 Å². The minimum absolute atomic E-state index is 0.0808. The summed E-state index contributed by atoms with van der Waals surface area (Å²) in [7, 11) is 0. The second-order valence-electron chi connectivity index (χ2n) is 6.69. The number of carbonyl (C=O) groups is 1. The second kappa shape index (κ2) is 7.18. The van der Waals surface area contributed by atoms with Crippen LogP contribution in [0.3, 0.4) is 0 Å². The lowest BCUT2D eigenvalue weighted by molar-refractivity contribution is 0.0989. The first kappa shape index (κ1) is 16.0. The monoisotopic (exact) mass is 431 g/mol. The van der Waals surface area contributed by atoms with Gasteiger partial charge in [0.25, 0.3) is 5.91 Å². The van der Waals surface area contributed by atoms with Gasteiger partial charge in [-0.15, -0.1) is 0 Å². The van der Waals surface area contributed by atoms with Crippen molar-refractivity contribution in [2.24, 2.45) is 0 Å². The minimum Gasteiger partial charge on any atom is -0.299 e. The lowest BCUT2D eigenvalue weighted by atomic mass is 9.90. The molecule has 1 aliphatic carbocycles. The Kier molecular flexibility index (Phi) is 4.79. The number of carbonyl (C=O) groups excluding carboxylic acids is 1. The van der Waals surface area contributed by atoms with Crippen molar-refractivity contribution in [3.8, 4) is 0 Å². The number of fused-ring (bicyclic) bond motifs is 1. The highest BCUT2D eigenvalue weighted by atomic mass is 127. The van der Waals surface area contributed by atoms with Gasteiger partial charge in [-0.1, -0.05) is 68.1 Å². The van der Waals surface area contributed by atoms with Crippen LogP contribution in [-0.2, 0) is 0 Å². The van der Waals surface area contributed by atoms with E-state index in [4.69, 9.17) is 0 Å². The fraction of sp³-hybridized carbons (Fsp3) is 0.333. The van der Waals surface area contributed by atoms with Gasteiger partial charge in [-0.3, -0.25) is 8.32 Å². The Balaban J connectivity index is 1.62. The zero-order valence-corrected chi connectivity index (χ0v) is 15.9. The highest BCUT2D eigenvalue weighted by Gasteiger charge is 2.20. The summed E-state index contributed by atoms with van der Waals surface area (Å²) in [6.07, 6.45) is 8.20. The minimum atomic E-state index is -0.472. The molecule has 1 amide bonds. The molecule has 0 radical (unpaired) electrons. The average Bonchev–Trinajstić information content (AvgIpc) is 2.92. The van der Waals surface area contributed by atoms with Gasteiger partial charge in [0, 0.05) is 35.6 Å². The number of amides is 1. The van der Waals surface area contributed by atoms with E-state index in [2.05, 4.69) is 33.9 Å². The van der Waals surface area contributed by atoms with Gasteiger partial charge in [0.1, 0.15) is 0 Å². The molecule has 0 saturated heterocycles. The first-order valence-corrected chi connectivity index (χ1v) is 11.0. The highest BCUT2D eigenvalue weighted by Crippen LogP contribution is 2.32. The third-order valence-corrected chi connectivity index (χ3v) is 7.63. The molecule has 1 fully saturated rings. The van der Waals surface area contributed by atoms with Crippen molar-refractivity contribution in [2.75, 3.05) is 0 Å². The van der Waals surface area contributed by atoms with E-state index in [1.165, 1.54) is 53.2 Å². The molecule has 1 N–H and O–H groups in total. The molecular formula is C21H22INO. The van der Waals surface area contributed by atoms with Crippen LogP contribution in [0.15, 0.2) is 48.5 Å². The van der Waals surface area contributed by atoms with Crippen LogP contribution >= 0.6 is 21.0 Å². The second-order valence-corrected chi connectivity index (χ2v) is 8.85. The van der Waals surface area contributed by atoms with E-state index in [1.54, 1.807) is 0 Å². The number of rotatable bonds is 2. The quantitative estimate of drug-likeness (QED) is 0.389. The maximum atomic E-state index is 12.1. The van der Waals surface area contributed by atoms with Gasteiger partial charge in [0.2, 0.25) is 0 Å². The number of hydrogen-bond donors (Lipinski definition) is 1. The Morgan fingerprint density at radius 3 is 2.21 bits per heavy atom. The van der Waals surface area contributed by atoms with Crippen molar-refractivity contribution in [1.29, 1.82) is 0 Å². The zero-order chi connectivity index (χ0) is 16.4. The fourth-order valence-corrected chi connectivity index (χ4v) is 6.03. The van der Waals surface area contributed by atoms with Gasteiger partial charge in [0.15, 0.2) is 0 Å². The summed E-state index contributed by atoms with van der Waals surface area (Å²) in [5.41, 5.74) is 4.70. The summed E-state index contributed by atoms with van der Waals surface area (Å²) >= 11 is -0.472. The Hall–Kier alpha value is -1.49. The SMILES string of the molecule is O=C1NI=C(c2ccc(C3CCCCCC3)cc2)c2ccccc21. The third kappa shape index (κ3) is 3.18. The van der Waals surface area contributed by atoms with E-state index in [0.717, 1.165) is 17.0 Å². The predicted molar refractivity (Wildman–Crippen MR) is 108 cm³/mol. The molecule has 0 bridgehead atoms. The summed E-state index contributed by atoms with van der Waals surface area (Å²) in [4.78, 5) is 12.1. The van der Waals surface area contributed by atoms with E-state index in [0.29, 0.717) is 0 Å². The number of benzene rings is 2. The van der Waals surface area contributed by atoms with Gasteiger partial charge in [-0.2, -0.15) is 0 Å². The molecule has 24 heavy (non-hydrogen) atoms. The van der Waals surface area contributed by atoms with Gasteiger partial charge >= 0.3 is 0 Å². The first-order chi connectivity index (χ1) is 11.8. The molecule has 2 aliphatic rings. The van der Waals surface area contributed by atoms with Crippen molar-refractivity contribution < 1.29 is 4.79 Å². The molecular weight excluding hydrogens is 409 g/mol. The van der Waals surface area contributed by atoms with Crippen LogP contribution in [0.4, 0.5) is 0 Å². The van der Waals surface area contributed by atoms with Crippen LogP contribution in [0.5, 0.6) is 0 Å². The molecule has 124 valence electrons. The Morgan fingerprint density at radius 2 is 1.50 bits per heavy atom. The molecule has 3 heteroatoms. The molecule has 2 aromatic rings. The van der Waals surface area contributed by atoms with Gasteiger partial charge in [0.05, 0.1) is 0 Å². The lowest BCUT2D eigenvalue weighted by Crippen LogP contribution is -2.23. The van der Waals surface area contributed by atoms with Crippen molar-refractivity contribution in [2.45, 2.75) is 44.4 Å². The Morgan fingerprint density at radius 1 is 0.833 bits per heavy atom. The molecule has 0 spiro atoms. The molecule has 2 aromatic carbocycles. The molecule has 0 aromatic heterocycles. The lowest BCUT2D eigenvalue weighted by Gasteiger charge is -2.18. The van der Waals surface area contributed by atoms with E-state index < -0.39 is 21.0 Å². The zero-order valence-electron chi connectivity index (χ0n) is 13.7. The van der Waals surface area contributed by atoms with Gasteiger partial charge in [-0.05, 0) is 36.0 Å². The van der Waals surface area contributed by atoms with Crippen LogP contribution in [-0.4, -0.2) is 9.42 Å². The molecule has 1 aliphatic heterocycles. The average molecular weight is 431 g/mol. The van der Waals surface area contributed by atoms with E-state index >= 15 is 0 Å². The van der Waals surface area contributed by atoms with Crippen LogP contribution in [0.25, 0.3) is 0 Å². The maximum Gasteiger partial charge on any atom is 0.260 e. The summed E-state index contributed by atoms with van der Waals surface area (Å²) in [5.74, 6) is 0.816. The Bertz CT molecular complexity index is 771. The number of halogens is 1. The van der Waals surface area contributed by atoms with E-state index in [9.17, 15) is 4.79 Å². The van der Waals surface area contributed by atoms with Crippen LogP contribution < -0.4 is 3.53 Å². The number of nitrogens with one attached hydrogen (secondary N) is 1. The third-order valence-electron chi connectivity index (χ3n) is 5.13. The van der Waals surface area contributed by atoms with Crippen LogP contribution in [0.1, 0.15) is 71.5 Å². The molecule has 4 rings (SSSR count). The smallest absolute Gasteiger partial charge is 0.260 e. The number of hydrogen-bond acceptors (Lipinski definition) is 1. The largest absolute Gasteiger partial charge is 0.299 e. The van der Waals surface area contributed by atoms with E-state index in [1.807, 2.05) is 18.2 Å². The van der Waals surface area contributed by atoms with Gasteiger partial charge < -0.3 is 0 Å². The maximum absolute atomic E-state index is 12.1.